The molecule has 0 aromatic heterocycles. The molecule has 6 heteroatoms. The van der Waals surface area contributed by atoms with Crippen LogP contribution in [0.4, 0.5) is 4.39 Å². The first-order valence-corrected chi connectivity index (χ1v) is 8.49. The van der Waals surface area contributed by atoms with Gasteiger partial charge in [0.1, 0.15) is 11.5 Å². The Hall–Kier alpha value is -2.76. The Bertz CT molecular complexity index is 721. The minimum absolute atomic E-state index is 0.0548. The van der Waals surface area contributed by atoms with Crippen LogP contribution in [0.5, 0.6) is 17.2 Å². The van der Waals surface area contributed by atoms with E-state index < -0.39 is 0 Å². The zero-order valence-electron chi connectivity index (χ0n) is 15.1. The number of hydrogen-bond donors (Lipinski definition) is 1. The van der Waals surface area contributed by atoms with Gasteiger partial charge in [-0.15, -0.1) is 0 Å². The summed E-state index contributed by atoms with van der Waals surface area (Å²) in [5.74, 6) is 1.25. The lowest BCUT2D eigenvalue weighted by molar-refractivity contribution is -0.121. The molecule has 0 spiro atoms. The third-order valence-electron chi connectivity index (χ3n) is 3.85. The minimum Gasteiger partial charge on any atom is -0.497 e. The number of hydrogen-bond acceptors (Lipinski definition) is 4. The average Bonchev–Trinajstić information content (AvgIpc) is 2.67. The molecule has 140 valence electrons. The van der Waals surface area contributed by atoms with Gasteiger partial charge in [-0.1, -0.05) is 12.1 Å². The quantitative estimate of drug-likeness (QED) is 0.660. The fraction of sp³-hybridized carbons (Fsp3) is 0.350. The van der Waals surface area contributed by atoms with Crippen LogP contribution in [-0.2, 0) is 11.2 Å². The summed E-state index contributed by atoms with van der Waals surface area (Å²) < 4.78 is 29.2. The topological polar surface area (TPSA) is 56.8 Å². The normalized spacial score (nSPS) is 10.3. The number of halogens is 1. The van der Waals surface area contributed by atoms with Crippen LogP contribution in [-0.4, -0.2) is 33.3 Å². The third kappa shape index (κ3) is 5.95. The maximum Gasteiger partial charge on any atom is 0.220 e. The third-order valence-corrected chi connectivity index (χ3v) is 3.85. The van der Waals surface area contributed by atoms with Crippen molar-refractivity contribution in [1.82, 2.24) is 5.32 Å². The van der Waals surface area contributed by atoms with E-state index in [1.807, 2.05) is 18.2 Å². The average molecular weight is 361 g/mol. The van der Waals surface area contributed by atoms with E-state index in [4.69, 9.17) is 14.2 Å². The van der Waals surface area contributed by atoms with Gasteiger partial charge in [-0.25, -0.2) is 4.39 Å². The second-order valence-corrected chi connectivity index (χ2v) is 5.66. The molecule has 5 nitrogen and oxygen atoms in total. The number of carbonyl (C=O) groups excluding carboxylic acids is 1. The fourth-order valence-electron chi connectivity index (χ4n) is 2.46. The maximum atomic E-state index is 13.4. The van der Waals surface area contributed by atoms with E-state index in [0.717, 1.165) is 17.1 Å². The number of methoxy groups -OCH3 is 2. The molecular formula is C20H24FNO4. The lowest BCUT2D eigenvalue weighted by atomic mass is 10.1. The Morgan fingerprint density at radius 2 is 1.88 bits per heavy atom. The molecule has 0 unspecified atom stereocenters. The Kier molecular flexibility index (Phi) is 7.74. The summed E-state index contributed by atoms with van der Waals surface area (Å²) in [5.41, 5.74) is 0.921. The number of para-hydroxylation sites is 1. The summed E-state index contributed by atoms with van der Waals surface area (Å²) >= 11 is 0. The summed E-state index contributed by atoms with van der Waals surface area (Å²) in [6, 6.07) is 11.8. The number of aryl methyl sites for hydroxylation is 1. The molecule has 0 saturated heterocycles. The van der Waals surface area contributed by atoms with Crippen LogP contribution in [0.25, 0.3) is 0 Å². The molecule has 1 N–H and O–H groups in total. The van der Waals surface area contributed by atoms with Crippen molar-refractivity contribution >= 4 is 5.91 Å². The molecule has 0 aliphatic carbocycles. The summed E-state index contributed by atoms with van der Waals surface area (Å²) in [6.07, 6.45) is 1.50. The zero-order valence-corrected chi connectivity index (χ0v) is 15.1. The van der Waals surface area contributed by atoms with Crippen LogP contribution in [0.3, 0.4) is 0 Å². The van der Waals surface area contributed by atoms with Crippen molar-refractivity contribution in [2.24, 2.45) is 0 Å². The van der Waals surface area contributed by atoms with Gasteiger partial charge in [-0.05, 0) is 48.7 Å². The Morgan fingerprint density at radius 3 is 2.62 bits per heavy atom. The molecule has 1 amide bonds. The van der Waals surface area contributed by atoms with Crippen molar-refractivity contribution in [3.63, 3.8) is 0 Å². The highest BCUT2D eigenvalue weighted by Gasteiger charge is 2.08. The molecular weight excluding hydrogens is 337 g/mol. The second-order valence-electron chi connectivity index (χ2n) is 5.66. The molecule has 0 saturated carbocycles. The molecule has 26 heavy (non-hydrogen) atoms. The predicted octanol–water partition coefficient (Wildman–Crippen LogP) is 3.36. The van der Waals surface area contributed by atoms with Gasteiger partial charge < -0.3 is 19.5 Å². The van der Waals surface area contributed by atoms with Gasteiger partial charge in [0.25, 0.3) is 0 Å². The van der Waals surface area contributed by atoms with Crippen molar-refractivity contribution in [2.45, 2.75) is 19.3 Å². The van der Waals surface area contributed by atoms with Crippen molar-refractivity contribution in [1.29, 1.82) is 0 Å². The van der Waals surface area contributed by atoms with E-state index in [1.165, 1.54) is 6.07 Å². The van der Waals surface area contributed by atoms with Gasteiger partial charge in [0.15, 0.2) is 11.6 Å². The number of carbonyl (C=O) groups is 1. The highest BCUT2D eigenvalue weighted by molar-refractivity contribution is 5.76. The highest BCUT2D eigenvalue weighted by atomic mass is 19.1. The Balaban J connectivity index is 1.68. The molecule has 0 radical (unpaired) electrons. The lowest BCUT2D eigenvalue weighted by Gasteiger charge is -2.11. The van der Waals surface area contributed by atoms with Gasteiger partial charge in [-0.2, -0.15) is 0 Å². The smallest absolute Gasteiger partial charge is 0.220 e. The zero-order chi connectivity index (χ0) is 18.8. The van der Waals surface area contributed by atoms with Gasteiger partial charge in [-0.3, -0.25) is 4.79 Å². The SMILES string of the molecule is COc1ccc(OC)c(CCC(=O)NCCCOc2ccccc2F)c1. The van der Waals surface area contributed by atoms with Gasteiger partial charge in [0, 0.05) is 13.0 Å². The van der Waals surface area contributed by atoms with E-state index in [0.29, 0.717) is 32.4 Å². The molecule has 0 bridgehead atoms. The fourth-order valence-corrected chi connectivity index (χ4v) is 2.46. The molecule has 0 aliphatic heterocycles. The number of nitrogens with one attached hydrogen (secondary N) is 1. The molecule has 0 atom stereocenters. The van der Waals surface area contributed by atoms with Crippen LogP contribution in [0.15, 0.2) is 42.5 Å². The maximum absolute atomic E-state index is 13.4. The van der Waals surface area contributed by atoms with E-state index in [1.54, 1.807) is 32.4 Å². The Labute approximate surface area is 153 Å². The van der Waals surface area contributed by atoms with Gasteiger partial charge in [0.05, 0.1) is 20.8 Å². The van der Waals surface area contributed by atoms with Crippen LogP contribution in [0, 0.1) is 5.82 Å². The minimum atomic E-state index is -0.385. The van der Waals surface area contributed by atoms with Crippen molar-refractivity contribution in [3.8, 4) is 17.2 Å². The van der Waals surface area contributed by atoms with Crippen LogP contribution in [0.2, 0.25) is 0 Å². The van der Waals surface area contributed by atoms with Crippen LogP contribution >= 0.6 is 0 Å². The predicted molar refractivity (Wildman–Crippen MR) is 97.4 cm³/mol. The number of rotatable bonds is 10. The standard InChI is InChI=1S/C20H24FNO4/c1-24-16-9-10-18(25-2)15(14-16)8-11-20(23)22-12-5-13-26-19-7-4-3-6-17(19)21/h3-4,6-7,9-10,14H,5,8,11-13H2,1-2H3,(H,22,23). The van der Waals surface area contributed by atoms with Crippen molar-refractivity contribution < 1.29 is 23.4 Å². The van der Waals surface area contributed by atoms with Crippen molar-refractivity contribution in [3.05, 3.63) is 53.8 Å². The number of ether oxygens (including phenoxy) is 3. The van der Waals surface area contributed by atoms with E-state index in [-0.39, 0.29) is 17.5 Å². The number of amides is 1. The molecule has 0 fully saturated rings. The monoisotopic (exact) mass is 361 g/mol. The summed E-state index contributed by atoms with van der Waals surface area (Å²) in [4.78, 5) is 12.0. The lowest BCUT2D eigenvalue weighted by Crippen LogP contribution is -2.25. The molecule has 0 aliphatic rings. The van der Waals surface area contributed by atoms with Crippen molar-refractivity contribution in [2.75, 3.05) is 27.4 Å². The van der Waals surface area contributed by atoms with Crippen LogP contribution in [0.1, 0.15) is 18.4 Å². The van der Waals surface area contributed by atoms with E-state index in [2.05, 4.69) is 5.32 Å². The second kappa shape index (κ2) is 10.3. The molecule has 2 aromatic carbocycles. The largest absolute Gasteiger partial charge is 0.497 e. The molecule has 0 heterocycles. The van der Waals surface area contributed by atoms with E-state index in [9.17, 15) is 9.18 Å². The van der Waals surface area contributed by atoms with Gasteiger partial charge >= 0.3 is 0 Å². The summed E-state index contributed by atoms with van der Waals surface area (Å²) in [5, 5.41) is 2.84. The molecule has 2 rings (SSSR count). The van der Waals surface area contributed by atoms with E-state index >= 15 is 0 Å². The first-order chi connectivity index (χ1) is 12.6. The highest BCUT2D eigenvalue weighted by Crippen LogP contribution is 2.25. The Morgan fingerprint density at radius 1 is 1.08 bits per heavy atom. The summed E-state index contributed by atoms with van der Waals surface area (Å²) in [6.45, 7) is 0.813. The first-order valence-electron chi connectivity index (χ1n) is 8.49. The first kappa shape index (κ1) is 19.6. The van der Waals surface area contributed by atoms with Crippen LogP contribution < -0.4 is 19.5 Å². The van der Waals surface area contributed by atoms with Gasteiger partial charge in [0.2, 0.25) is 5.91 Å². The number of benzene rings is 2. The summed E-state index contributed by atoms with van der Waals surface area (Å²) in [7, 11) is 3.20. The molecule has 2 aromatic rings.